The van der Waals surface area contributed by atoms with Gasteiger partial charge in [0.05, 0.1) is 6.17 Å². The third-order valence-corrected chi connectivity index (χ3v) is 3.86. The van der Waals surface area contributed by atoms with Crippen LogP contribution in [0.1, 0.15) is 59.8 Å². The molecule has 0 saturated heterocycles. The van der Waals surface area contributed by atoms with E-state index < -0.39 is 0 Å². The fraction of sp³-hybridized carbons (Fsp3) is 0.733. The summed E-state index contributed by atoms with van der Waals surface area (Å²) in [6, 6.07) is 0. The van der Waals surface area contributed by atoms with Crippen LogP contribution in [0.5, 0.6) is 0 Å². The quantitative estimate of drug-likeness (QED) is 0.711. The largest absolute Gasteiger partial charge is 0.359 e. The standard InChI is InChI=1S/C15H28N2/c1-5-7-8-9-10-14-11-17(6-2)15(16)13(4)12(14)3/h11,15H,5-10,16H2,1-4H3. The molecule has 0 aliphatic carbocycles. The van der Waals surface area contributed by atoms with Crippen LogP contribution in [-0.2, 0) is 0 Å². The van der Waals surface area contributed by atoms with Crippen LogP contribution in [0.25, 0.3) is 0 Å². The van der Waals surface area contributed by atoms with E-state index in [-0.39, 0.29) is 6.17 Å². The maximum absolute atomic E-state index is 6.19. The smallest absolute Gasteiger partial charge is 0.0989 e. The van der Waals surface area contributed by atoms with Crippen LogP contribution in [0.4, 0.5) is 0 Å². The summed E-state index contributed by atoms with van der Waals surface area (Å²) in [6.45, 7) is 9.80. The minimum absolute atomic E-state index is 0.0828. The van der Waals surface area contributed by atoms with Gasteiger partial charge in [-0.05, 0) is 50.3 Å². The van der Waals surface area contributed by atoms with Crippen molar-refractivity contribution in [2.24, 2.45) is 5.73 Å². The Morgan fingerprint density at radius 2 is 1.88 bits per heavy atom. The Hall–Kier alpha value is -0.760. The van der Waals surface area contributed by atoms with Gasteiger partial charge in [0.15, 0.2) is 0 Å². The summed E-state index contributed by atoms with van der Waals surface area (Å²) in [5, 5.41) is 0. The number of hydrogen-bond acceptors (Lipinski definition) is 2. The van der Waals surface area contributed by atoms with E-state index in [1.54, 1.807) is 0 Å². The highest BCUT2D eigenvalue weighted by Crippen LogP contribution is 2.28. The molecule has 1 aliphatic heterocycles. The molecule has 1 rings (SSSR count). The Morgan fingerprint density at radius 1 is 1.18 bits per heavy atom. The van der Waals surface area contributed by atoms with Gasteiger partial charge in [-0.1, -0.05) is 26.2 Å². The van der Waals surface area contributed by atoms with Crippen molar-refractivity contribution in [2.45, 2.75) is 66.0 Å². The van der Waals surface area contributed by atoms with Gasteiger partial charge in [0.2, 0.25) is 0 Å². The number of likely N-dealkylation sites (N-methyl/N-ethyl adjacent to an activating group) is 1. The minimum Gasteiger partial charge on any atom is -0.359 e. The van der Waals surface area contributed by atoms with Crippen molar-refractivity contribution in [1.29, 1.82) is 0 Å². The Bertz CT molecular complexity index is 302. The number of rotatable bonds is 6. The zero-order valence-corrected chi connectivity index (χ0v) is 11.9. The lowest BCUT2D eigenvalue weighted by atomic mass is 9.93. The molecule has 0 bridgehead atoms. The predicted octanol–water partition coefficient (Wildman–Crippen LogP) is 3.80. The minimum atomic E-state index is 0.0828. The van der Waals surface area contributed by atoms with Crippen molar-refractivity contribution >= 4 is 0 Å². The molecule has 0 aromatic heterocycles. The van der Waals surface area contributed by atoms with Gasteiger partial charge in [-0.2, -0.15) is 0 Å². The van der Waals surface area contributed by atoms with E-state index in [0.29, 0.717) is 0 Å². The van der Waals surface area contributed by atoms with Crippen LogP contribution < -0.4 is 5.73 Å². The SMILES string of the molecule is CCCCCCC1=CN(CC)C(N)C(C)=C1C. The maximum atomic E-state index is 6.19. The van der Waals surface area contributed by atoms with Crippen molar-refractivity contribution < 1.29 is 0 Å². The normalized spacial score (nSPS) is 20.9. The van der Waals surface area contributed by atoms with Gasteiger partial charge in [-0.25, -0.2) is 0 Å². The number of unbranched alkanes of at least 4 members (excludes halogenated alkanes) is 3. The van der Waals surface area contributed by atoms with Gasteiger partial charge < -0.3 is 10.6 Å². The lowest BCUT2D eigenvalue weighted by Gasteiger charge is -2.34. The first-order chi connectivity index (χ1) is 8.11. The average Bonchev–Trinajstić information content (AvgIpc) is 2.34. The monoisotopic (exact) mass is 236 g/mol. The molecule has 0 saturated carbocycles. The third-order valence-electron chi connectivity index (χ3n) is 3.86. The van der Waals surface area contributed by atoms with E-state index in [1.807, 2.05) is 0 Å². The summed E-state index contributed by atoms with van der Waals surface area (Å²) in [6.07, 6.45) is 8.87. The summed E-state index contributed by atoms with van der Waals surface area (Å²) < 4.78 is 0. The van der Waals surface area contributed by atoms with Gasteiger partial charge in [-0.15, -0.1) is 0 Å². The molecule has 0 radical (unpaired) electrons. The first-order valence-electron chi connectivity index (χ1n) is 7.01. The van der Waals surface area contributed by atoms with E-state index in [1.165, 1.54) is 48.8 Å². The third kappa shape index (κ3) is 3.60. The molecule has 0 aromatic carbocycles. The number of nitrogens with zero attached hydrogens (tertiary/aromatic N) is 1. The molecule has 17 heavy (non-hydrogen) atoms. The molecule has 2 heteroatoms. The Morgan fingerprint density at radius 3 is 2.47 bits per heavy atom. The van der Waals surface area contributed by atoms with Gasteiger partial charge in [-0.3, -0.25) is 0 Å². The second-order valence-corrected chi connectivity index (χ2v) is 5.05. The van der Waals surface area contributed by atoms with Gasteiger partial charge >= 0.3 is 0 Å². The molecule has 0 aromatic rings. The lowest BCUT2D eigenvalue weighted by Crippen LogP contribution is -2.42. The summed E-state index contributed by atoms with van der Waals surface area (Å²) >= 11 is 0. The number of hydrogen-bond donors (Lipinski definition) is 1. The zero-order valence-electron chi connectivity index (χ0n) is 11.9. The van der Waals surface area contributed by atoms with E-state index in [4.69, 9.17) is 5.73 Å². The van der Waals surface area contributed by atoms with Gasteiger partial charge in [0.25, 0.3) is 0 Å². The highest BCUT2D eigenvalue weighted by molar-refractivity contribution is 5.38. The van der Waals surface area contributed by atoms with Crippen LogP contribution in [0.2, 0.25) is 0 Å². The van der Waals surface area contributed by atoms with Gasteiger partial charge in [0.1, 0.15) is 0 Å². The predicted molar refractivity (Wildman–Crippen MR) is 75.6 cm³/mol. The molecule has 0 spiro atoms. The molecule has 2 nitrogen and oxygen atoms in total. The summed E-state index contributed by atoms with van der Waals surface area (Å²) in [5.41, 5.74) is 10.4. The van der Waals surface area contributed by atoms with E-state index >= 15 is 0 Å². The van der Waals surface area contributed by atoms with Gasteiger partial charge in [0, 0.05) is 12.7 Å². The molecule has 98 valence electrons. The molecule has 1 atom stereocenters. The molecule has 0 amide bonds. The van der Waals surface area contributed by atoms with Crippen molar-refractivity contribution in [3.05, 3.63) is 22.9 Å². The summed E-state index contributed by atoms with van der Waals surface area (Å²) in [4.78, 5) is 2.25. The highest BCUT2D eigenvalue weighted by atomic mass is 15.2. The zero-order chi connectivity index (χ0) is 12.8. The highest BCUT2D eigenvalue weighted by Gasteiger charge is 2.20. The summed E-state index contributed by atoms with van der Waals surface area (Å²) in [7, 11) is 0. The van der Waals surface area contributed by atoms with E-state index in [0.717, 1.165) is 6.54 Å². The van der Waals surface area contributed by atoms with Crippen molar-refractivity contribution in [3.63, 3.8) is 0 Å². The number of allylic oxidation sites excluding steroid dienone is 2. The average molecular weight is 236 g/mol. The molecular formula is C15H28N2. The first kappa shape index (κ1) is 14.3. The van der Waals surface area contributed by atoms with E-state index in [9.17, 15) is 0 Å². The molecule has 2 N–H and O–H groups in total. The fourth-order valence-corrected chi connectivity index (χ4v) is 2.38. The Kier molecular flexibility index (Phi) is 5.76. The van der Waals surface area contributed by atoms with E-state index in [2.05, 4.69) is 38.8 Å². The Labute approximate surface area is 107 Å². The lowest BCUT2D eigenvalue weighted by molar-refractivity contribution is 0.318. The van der Waals surface area contributed by atoms with Crippen LogP contribution in [0.3, 0.4) is 0 Å². The second kappa shape index (κ2) is 6.85. The molecular weight excluding hydrogens is 208 g/mol. The topological polar surface area (TPSA) is 29.3 Å². The van der Waals surface area contributed by atoms with Crippen molar-refractivity contribution in [2.75, 3.05) is 6.54 Å². The molecule has 1 unspecified atom stereocenters. The van der Waals surface area contributed by atoms with Crippen LogP contribution in [-0.4, -0.2) is 17.6 Å². The number of nitrogens with two attached hydrogens (primary N) is 1. The molecule has 1 heterocycles. The second-order valence-electron chi connectivity index (χ2n) is 5.05. The van der Waals surface area contributed by atoms with Crippen molar-refractivity contribution in [1.82, 2.24) is 4.90 Å². The fourth-order valence-electron chi connectivity index (χ4n) is 2.38. The molecule has 0 fully saturated rings. The maximum Gasteiger partial charge on any atom is 0.0989 e. The van der Waals surface area contributed by atoms with Crippen LogP contribution in [0.15, 0.2) is 22.9 Å². The van der Waals surface area contributed by atoms with Crippen molar-refractivity contribution in [3.8, 4) is 0 Å². The Balaban J connectivity index is 2.63. The summed E-state index contributed by atoms with van der Waals surface area (Å²) in [5.74, 6) is 0. The van der Waals surface area contributed by atoms with Crippen LogP contribution in [0, 0.1) is 0 Å². The molecule has 1 aliphatic rings. The van der Waals surface area contributed by atoms with Crippen LogP contribution >= 0.6 is 0 Å². The first-order valence-corrected chi connectivity index (χ1v) is 7.01.